The number of hydrogen-bond acceptors (Lipinski definition) is 3. The summed E-state index contributed by atoms with van der Waals surface area (Å²) in [5, 5.41) is 0. The van der Waals surface area contributed by atoms with E-state index in [9.17, 15) is 13.2 Å². The zero-order valence-electron chi connectivity index (χ0n) is 10.2. The highest BCUT2D eigenvalue weighted by atomic mass is 19.4. The van der Waals surface area contributed by atoms with E-state index in [2.05, 4.69) is 5.43 Å². The fourth-order valence-corrected chi connectivity index (χ4v) is 3.04. The van der Waals surface area contributed by atoms with Crippen molar-refractivity contribution in [3.63, 3.8) is 0 Å². The highest BCUT2D eigenvalue weighted by molar-refractivity contribution is 5.10. The van der Waals surface area contributed by atoms with Crippen molar-refractivity contribution < 1.29 is 17.9 Å². The van der Waals surface area contributed by atoms with Gasteiger partial charge in [-0.15, -0.1) is 0 Å². The molecular weight excluding hydrogens is 245 g/mol. The van der Waals surface area contributed by atoms with Crippen molar-refractivity contribution in [3.8, 4) is 0 Å². The van der Waals surface area contributed by atoms with E-state index >= 15 is 0 Å². The average molecular weight is 264 g/mol. The topological polar surface area (TPSA) is 47.3 Å². The molecule has 3 atom stereocenters. The van der Waals surface area contributed by atoms with Crippen LogP contribution in [-0.4, -0.2) is 18.8 Å². The van der Waals surface area contributed by atoms with Crippen LogP contribution in [0.3, 0.4) is 0 Å². The zero-order valence-corrected chi connectivity index (χ0v) is 10.2. The average Bonchev–Trinajstić information content (AvgIpc) is 2.83. The standard InChI is InChI=1S/C12H19F3N2O/c13-12(14,15)9-5-2-1-4-8(9)11(17-16)10-6-3-7-18-10/h6,8-9,11,17H,1-5,7,16H2. The van der Waals surface area contributed by atoms with E-state index in [0.717, 1.165) is 12.8 Å². The molecule has 1 heterocycles. The molecule has 0 radical (unpaired) electrons. The van der Waals surface area contributed by atoms with Gasteiger partial charge in [0.15, 0.2) is 0 Å². The predicted molar refractivity (Wildman–Crippen MR) is 61.3 cm³/mol. The fraction of sp³-hybridized carbons (Fsp3) is 0.833. The van der Waals surface area contributed by atoms with E-state index in [1.807, 2.05) is 6.08 Å². The van der Waals surface area contributed by atoms with E-state index in [1.54, 1.807) is 0 Å². The molecule has 0 aromatic carbocycles. The molecule has 3 unspecified atom stereocenters. The number of hydrogen-bond donors (Lipinski definition) is 2. The minimum atomic E-state index is -4.15. The Hall–Kier alpha value is -0.750. The minimum absolute atomic E-state index is 0.194. The summed E-state index contributed by atoms with van der Waals surface area (Å²) in [6.07, 6.45) is 0.628. The van der Waals surface area contributed by atoms with Gasteiger partial charge in [-0.1, -0.05) is 12.8 Å². The molecule has 3 nitrogen and oxygen atoms in total. The van der Waals surface area contributed by atoms with Crippen molar-refractivity contribution in [2.24, 2.45) is 17.7 Å². The fourth-order valence-electron chi connectivity index (χ4n) is 3.04. The Bertz CT molecular complexity index is 317. The van der Waals surface area contributed by atoms with E-state index in [-0.39, 0.29) is 6.42 Å². The Balaban J connectivity index is 2.16. The molecule has 104 valence electrons. The van der Waals surface area contributed by atoms with Crippen LogP contribution >= 0.6 is 0 Å². The molecule has 0 aromatic rings. The smallest absolute Gasteiger partial charge is 0.392 e. The van der Waals surface area contributed by atoms with Gasteiger partial charge in [-0.2, -0.15) is 13.2 Å². The van der Waals surface area contributed by atoms with Crippen LogP contribution in [0.25, 0.3) is 0 Å². The van der Waals surface area contributed by atoms with E-state index in [0.29, 0.717) is 25.2 Å². The highest BCUT2D eigenvalue weighted by Crippen LogP contribution is 2.44. The lowest BCUT2D eigenvalue weighted by Gasteiger charge is -2.37. The third-order valence-electron chi connectivity index (χ3n) is 3.89. The highest BCUT2D eigenvalue weighted by Gasteiger charge is 2.48. The van der Waals surface area contributed by atoms with Crippen molar-refractivity contribution in [2.45, 2.75) is 44.3 Å². The first-order valence-electron chi connectivity index (χ1n) is 6.39. The third-order valence-corrected chi connectivity index (χ3v) is 3.89. The summed E-state index contributed by atoms with van der Waals surface area (Å²) in [4.78, 5) is 0. The first kappa shape index (κ1) is 13.7. The Morgan fingerprint density at radius 1 is 1.33 bits per heavy atom. The van der Waals surface area contributed by atoms with Crippen LogP contribution in [0.15, 0.2) is 11.8 Å². The third kappa shape index (κ3) is 2.80. The van der Waals surface area contributed by atoms with Gasteiger partial charge in [0.1, 0.15) is 5.76 Å². The van der Waals surface area contributed by atoms with Gasteiger partial charge >= 0.3 is 6.18 Å². The van der Waals surface area contributed by atoms with Gasteiger partial charge in [-0.3, -0.25) is 5.84 Å². The number of rotatable bonds is 3. The molecule has 18 heavy (non-hydrogen) atoms. The lowest BCUT2D eigenvalue weighted by atomic mass is 9.74. The van der Waals surface area contributed by atoms with Crippen LogP contribution < -0.4 is 11.3 Å². The molecule has 1 aliphatic heterocycles. The molecule has 0 amide bonds. The molecule has 0 spiro atoms. The van der Waals surface area contributed by atoms with E-state index < -0.39 is 24.1 Å². The number of hydrazine groups is 1. The zero-order chi connectivity index (χ0) is 13.2. The van der Waals surface area contributed by atoms with Crippen molar-refractivity contribution >= 4 is 0 Å². The van der Waals surface area contributed by atoms with E-state index in [1.165, 1.54) is 0 Å². The first-order valence-corrected chi connectivity index (χ1v) is 6.39. The van der Waals surface area contributed by atoms with Gasteiger partial charge in [0.25, 0.3) is 0 Å². The largest absolute Gasteiger partial charge is 0.496 e. The first-order chi connectivity index (χ1) is 8.54. The van der Waals surface area contributed by atoms with E-state index in [4.69, 9.17) is 10.6 Å². The Labute approximate surface area is 105 Å². The van der Waals surface area contributed by atoms with Gasteiger partial charge in [0, 0.05) is 6.42 Å². The lowest BCUT2D eigenvalue weighted by molar-refractivity contribution is -0.199. The summed E-state index contributed by atoms with van der Waals surface area (Å²) in [5.74, 6) is 4.23. The maximum absolute atomic E-state index is 13.0. The van der Waals surface area contributed by atoms with Crippen LogP contribution in [0.5, 0.6) is 0 Å². The summed E-state index contributed by atoms with van der Waals surface area (Å²) in [7, 11) is 0. The summed E-state index contributed by atoms with van der Waals surface area (Å²) >= 11 is 0. The van der Waals surface area contributed by atoms with Crippen molar-refractivity contribution in [2.75, 3.05) is 6.61 Å². The monoisotopic (exact) mass is 264 g/mol. The van der Waals surface area contributed by atoms with Gasteiger partial charge in [0.2, 0.25) is 0 Å². The van der Waals surface area contributed by atoms with Gasteiger partial charge in [-0.25, -0.2) is 5.43 Å². The summed E-state index contributed by atoms with van der Waals surface area (Å²) < 4.78 is 44.5. The Kier molecular flexibility index (Phi) is 4.17. The number of nitrogens with one attached hydrogen (secondary N) is 1. The molecule has 1 aliphatic carbocycles. The molecule has 2 rings (SSSR count). The maximum Gasteiger partial charge on any atom is 0.392 e. The minimum Gasteiger partial charge on any atom is -0.496 e. The lowest BCUT2D eigenvalue weighted by Crippen LogP contribution is -2.49. The van der Waals surface area contributed by atoms with Crippen molar-refractivity contribution in [3.05, 3.63) is 11.8 Å². The molecule has 1 saturated carbocycles. The molecule has 0 saturated heterocycles. The molecule has 0 bridgehead atoms. The SMILES string of the molecule is NNC(C1=CCCO1)C1CCCCC1C(F)(F)F. The quantitative estimate of drug-likeness (QED) is 0.608. The predicted octanol–water partition coefficient (Wildman–Crippen LogP) is 2.49. The second-order valence-electron chi connectivity index (χ2n) is 4.98. The van der Waals surface area contributed by atoms with Crippen molar-refractivity contribution in [1.82, 2.24) is 5.43 Å². The Morgan fingerprint density at radius 3 is 2.61 bits per heavy atom. The van der Waals surface area contributed by atoms with Gasteiger partial charge in [0.05, 0.1) is 18.6 Å². The molecule has 2 aliphatic rings. The summed E-state index contributed by atoms with van der Waals surface area (Å²) in [5.41, 5.74) is 2.52. The normalized spacial score (nSPS) is 30.8. The van der Waals surface area contributed by atoms with Gasteiger partial charge < -0.3 is 4.74 Å². The molecule has 0 aromatic heterocycles. The molecular formula is C12H19F3N2O. The van der Waals surface area contributed by atoms with Crippen LogP contribution in [-0.2, 0) is 4.74 Å². The van der Waals surface area contributed by atoms with Crippen LogP contribution in [0, 0.1) is 11.8 Å². The second-order valence-corrected chi connectivity index (χ2v) is 4.98. The Morgan fingerprint density at radius 2 is 2.06 bits per heavy atom. The molecule has 6 heteroatoms. The maximum atomic E-state index is 13.0. The number of ether oxygens (including phenoxy) is 1. The van der Waals surface area contributed by atoms with Crippen LogP contribution in [0.1, 0.15) is 32.1 Å². The second kappa shape index (κ2) is 5.48. The van der Waals surface area contributed by atoms with Crippen molar-refractivity contribution in [1.29, 1.82) is 0 Å². The number of nitrogens with two attached hydrogens (primary N) is 1. The molecule has 3 N–H and O–H groups in total. The number of alkyl halides is 3. The summed E-state index contributed by atoms with van der Waals surface area (Å²) in [6, 6.07) is -0.514. The summed E-state index contributed by atoms with van der Waals surface area (Å²) in [6.45, 7) is 0.539. The van der Waals surface area contributed by atoms with Crippen LogP contribution in [0.4, 0.5) is 13.2 Å². The number of halogens is 3. The molecule has 1 fully saturated rings. The van der Waals surface area contributed by atoms with Crippen LogP contribution in [0.2, 0.25) is 0 Å². The van der Waals surface area contributed by atoms with Gasteiger partial charge in [-0.05, 0) is 24.8 Å².